The maximum Gasteiger partial charge on any atom is 0.257 e. The summed E-state index contributed by atoms with van der Waals surface area (Å²) in [5.41, 5.74) is 3.20. The standard InChI is InChI=1S/C28H34N2O3/c31-28(30-15-6-1-7-16-30)25-11-3-5-13-27(25)33-20-22-9-8-14-29(18-22)19-23-17-24-10-2-4-12-26(24)32-21-23/h2-5,10-13,17,22H,1,6-9,14-16,18-21H2. The topological polar surface area (TPSA) is 42.0 Å². The SMILES string of the molecule is O=C(c1ccccc1OCC1CCCN(CC2=Cc3ccccc3OC2)C1)N1CCCCC1. The molecule has 2 aromatic carbocycles. The molecule has 0 radical (unpaired) electrons. The number of hydrogen-bond acceptors (Lipinski definition) is 4. The van der Waals surface area contributed by atoms with Gasteiger partial charge in [-0.25, -0.2) is 0 Å². The van der Waals surface area contributed by atoms with Gasteiger partial charge < -0.3 is 14.4 Å². The maximum atomic E-state index is 13.1. The van der Waals surface area contributed by atoms with Crippen molar-refractivity contribution >= 4 is 12.0 Å². The van der Waals surface area contributed by atoms with Gasteiger partial charge in [0.2, 0.25) is 0 Å². The smallest absolute Gasteiger partial charge is 0.257 e. The molecule has 1 atom stereocenters. The number of rotatable bonds is 6. The van der Waals surface area contributed by atoms with Gasteiger partial charge in [0.15, 0.2) is 0 Å². The Morgan fingerprint density at radius 3 is 2.70 bits per heavy atom. The number of likely N-dealkylation sites (tertiary alicyclic amines) is 2. The van der Waals surface area contributed by atoms with Gasteiger partial charge in [0, 0.05) is 37.7 Å². The van der Waals surface area contributed by atoms with Crippen molar-refractivity contribution in [3.63, 3.8) is 0 Å². The molecule has 174 valence electrons. The lowest BCUT2D eigenvalue weighted by atomic mass is 9.98. The molecule has 0 aromatic heterocycles. The molecule has 2 fully saturated rings. The van der Waals surface area contributed by atoms with Gasteiger partial charge in [-0.2, -0.15) is 0 Å². The van der Waals surface area contributed by atoms with E-state index in [-0.39, 0.29) is 5.91 Å². The summed E-state index contributed by atoms with van der Waals surface area (Å²) in [6.07, 6.45) is 8.03. The quantitative estimate of drug-likeness (QED) is 0.634. The molecule has 0 bridgehead atoms. The van der Waals surface area contributed by atoms with Crippen molar-refractivity contribution in [2.24, 2.45) is 5.92 Å². The highest BCUT2D eigenvalue weighted by atomic mass is 16.5. The fourth-order valence-electron chi connectivity index (χ4n) is 5.22. The van der Waals surface area contributed by atoms with Gasteiger partial charge in [-0.15, -0.1) is 0 Å². The van der Waals surface area contributed by atoms with Crippen LogP contribution < -0.4 is 9.47 Å². The van der Waals surface area contributed by atoms with Gasteiger partial charge in [-0.05, 0) is 68.5 Å². The maximum absolute atomic E-state index is 13.1. The van der Waals surface area contributed by atoms with E-state index in [2.05, 4.69) is 23.1 Å². The Balaban J connectivity index is 1.18. The van der Waals surface area contributed by atoms with Crippen LogP contribution in [0.3, 0.4) is 0 Å². The number of amides is 1. The fraction of sp³-hybridized carbons (Fsp3) is 0.464. The largest absolute Gasteiger partial charge is 0.492 e. The molecule has 2 aromatic rings. The van der Waals surface area contributed by atoms with E-state index in [0.29, 0.717) is 24.7 Å². The third-order valence-electron chi connectivity index (χ3n) is 6.96. The lowest BCUT2D eigenvalue weighted by Gasteiger charge is -2.34. The van der Waals surface area contributed by atoms with Crippen molar-refractivity contribution in [2.45, 2.75) is 32.1 Å². The molecule has 3 aliphatic heterocycles. The second-order valence-electron chi connectivity index (χ2n) is 9.53. The first-order valence-electron chi connectivity index (χ1n) is 12.4. The number of fused-ring (bicyclic) bond motifs is 1. The lowest BCUT2D eigenvalue weighted by Crippen LogP contribution is -2.39. The van der Waals surface area contributed by atoms with Crippen LogP contribution in [0.1, 0.15) is 48.0 Å². The third kappa shape index (κ3) is 5.41. The monoisotopic (exact) mass is 446 g/mol. The molecule has 2 saturated heterocycles. The Hall–Kier alpha value is -2.79. The number of carbonyl (C=O) groups excluding carboxylic acids is 1. The summed E-state index contributed by atoms with van der Waals surface area (Å²) in [6.45, 7) is 6.10. The summed E-state index contributed by atoms with van der Waals surface area (Å²) in [5.74, 6) is 2.28. The molecular formula is C28H34N2O3. The number of benzene rings is 2. The summed E-state index contributed by atoms with van der Waals surface area (Å²) in [6, 6.07) is 16.0. The van der Waals surface area contributed by atoms with Gasteiger partial charge in [0.1, 0.15) is 18.1 Å². The number of piperidine rings is 2. The van der Waals surface area contributed by atoms with Crippen LogP contribution >= 0.6 is 0 Å². The number of ether oxygens (including phenoxy) is 2. The first kappa shape index (κ1) is 22.0. The minimum absolute atomic E-state index is 0.111. The van der Waals surface area contributed by atoms with Crippen LogP contribution in [0.25, 0.3) is 6.08 Å². The van der Waals surface area contributed by atoms with E-state index < -0.39 is 0 Å². The first-order valence-corrected chi connectivity index (χ1v) is 12.4. The number of nitrogens with zero attached hydrogens (tertiary/aromatic N) is 2. The second kappa shape index (κ2) is 10.4. The molecule has 0 spiro atoms. The van der Waals surface area contributed by atoms with Crippen LogP contribution in [0.5, 0.6) is 11.5 Å². The highest BCUT2D eigenvalue weighted by Gasteiger charge is 2.24. The summed E-state index contributed by atoms with van der Waals surface area (Å²) >= 11 is 0. The molecule has 3 heterocycles. The Labute approximate surface area is 197 Å². The molecule has 5 nitrogen and oxygen atoms in total. The zero-order chi connectivity index (χ0) is 22.5. The zero-order valence-corrected chi connectivity index (χ0v) is 19.4. The van der Waals surface area contributed by atoms with Gasteiger partial charge in [-0.1, -0.05) is 30.3 Å². The third-order valence-corrected chi connectivity index (χ3v) is 6.96. The van der Waals surface area contributed by atoms with Gasteiger partial charge in [-0.3, -0.25) is 9.69 Å². The Morgan fingerprint density at radius 2 is 1.79 bits per heavy atom. The summed E-state index contributed by atoms with van der Waals surface area (Å²) in [5, 5.41) is 0. The van der Waals surface area contributed by atoms with E-state index in [0.717, 1.165) is 63.5 Å². The molecular weight excluding hydrogens is 412 g/mol. The van der Waals surface area contributed by atoms with Crippen LogP contribution in [-0.4, -0.2) is 61.6 Å². The van der Waals surface area contributed by atoms with E-state index in [1.54, 1.807) is 0 Å². The zero-order valence-electron chi connectivity index (χ0n) is 19.4. The molecule has 5 rings (SSSR count). The molecule has 1 unspecified atom stereocenters. The fourth-order valence-corrected chi connectivity index (χ4v) is 5.22. The summed E-state index contributed by atoms with van der Waals surface area (Å²) < 4.78 is 12.2. The highest BCUT2D eigenvalue weighted by Crippen LogP contribution is 2.28. The number of para-hydroxylation sites is 2. The number of hydrogen-bond donors (Lipinski definition) is 0. The van der Waals surface area contributed by atoms with Gasteiger partial charge in [0.05, 0.1) is 12.2 Å². The Morgan fingerprint density at radius 1 is 0.970 bits per heavy atom. The minimum atomic E-state index is 0.111. The summed E-state index contributed by atoms with van der Waals surface area (Å²) in [7, 11) is 0. The van der Waals surface area contributed by atoms with Gasteiger partial charge >= 0.3 is 0 Å². The van der Waals surface area contributed by atoms with Crippen molar-refractivity contribution < 1.29 is 14.3 Å². The molecule has 1 amide bonds. The van der Waals surface area contributed by atoms with Crippen LogP contribution in [0.15, 0.2) is 54.1 Å². The van der Waals surface area contributed by atoms with Crippen molar-refractivity contribution in [1.82, 2.24) is 9.80 Å². The molecule has 0 N–H and O–H groups in total. The molecule has 0 saturated carbocycles. The Bertz CT molecular complexity index is 996. The Kier molecular flexibility index (Phi) is 6.96. The normalized spacial score (nSPS) is 21.0. The predicted molar refractivity (Wildman–Crippen MR) is 131 cm³/mol. The minimum Gasteiger partial charge on any atom is -0.492 e. The van der Waals surface area contributed by atoms with Crippen LogP contribution in [0.2, 0.25) is 0 Å². The summed E-state index contributed by atoms with van der Waals surface area (Å²) in [4.78, 5) is 17.5. The predicted octanol–water partition coefficient (Wildman–Crippen LogP) is 4.88. The van der Waals surface area contributed by atoms with Crippen molar-refractivity contribution in [3.05, 3.63) is 65.2 Å². The van der Waals surface area contributed by atoms with Crippen molar-refractivity contribution in [2.75, 3.05) is 45.9 Å². The van der Waals surface area contributed by atoms with E-state index in [9.17, 15) is 4.79 Å². The van der Waals surface area contributed by atoms with E-state index >= 15 is 0 Å². The lowest BCUT2D eigenvalue weighted by molar-refractivity contribution is 0.0716. The van der Waals surface area contributed by atoms with Crippen LogP contribution in [-0.2, 0) is 0 Å². The highest BCUT2D eigenvalue weighted by molar-refractivity contribution is 5.97. The molecule has 0 aliphatic carbocycles. The van der Waals surface area contributed by atoms with Crippen molar-refractivity contribution in [1.29, 1.82) is 0 Å². The molecule has 3 aliphatic rings. The van der Waals surface area contributed by atoms with E-state index in [1.807, 2.05) is 41.3 Å². The van der Waals surface area contributed by atoms with Crippen LogP contribution in [0, 0.1) is 5.92 Å². The molecule has 5 heteroatoms. The van der Waals surface area contributed by atoms with Crippen molar-refractivity contribution in [3.8, 4) is 11.5 Å². The second-order valence-corrected chi connectivity index (χ2v) is 9.53. The van der Waals surface area contributed by atoms with E-state index in [1.165, 1.54) is 24.0 Å². The van der Waals surface area contributed by atoms with E-state index in [4.69, 9.17) is 9.47 Å². The average molecular weight is 447 g/mol. The van der Waals surface area contributed by atoms with Crippen LogP contribution in [0.4, 0.5) is 0 Å². The number of carbonyl (C=O) groups is 1. The van der Waals surface area contributed by atoms with Gasteiger partial charge in [0.25, 0.3) is 5.91 Å². The average Bonchev–Trinajstić information content (AvgIpc) is 2.88. The first-order chi connectivity index (χ1) is 16.3. The molecule has 33 heavy (non-hydrogen) atoms.